The minimum atomic E-state index is -3.32. The number of rotatable bonds is 7. The molecule has 0 bridgehead atoms. The maximum Gasteiger partial charge on any atom is 0.216 e. The molecule has 112 valence electrons. The van der Waals surface area contributed by atoms with E-state index in [9.17, 15) is 8.42 Å². The van der Waals surface area contributed by atoms with Crippen LogP contribution in [-0.2, 0) is 28.9 Å². The van der Waals surface area contributed by atoms with E-state index in [1.807, 2.05) is 61.6 Å². The van der Waals surface area contributed by atoms with Gasteiger partial charge in [-0.2, -0.15) is 0 Å². The van der Waals surface area contributed by atoms with E-state index in [1.165, 1.54) is 0 Å². The zero-order chi connectivity index (χ0) is 15.1. The highest BCUT2D eigenvalue weighted by Crippen LogP contribution is 2.08. The van der Waals surface area contributed by atoms with Crippen molar-refractivity contribution in [2.45, 2.75) is 18.8 Å². The van der Waals surface area contributed by atoms with Gasteiger partial charge < -0.3 is 5.32 Å². The van der Waals surface area contributed by atoms with Gasteiger partial charge in [0.2, 0.25) is 10.0 Å². The Kier molecular flexibility index (Phi) is 5.50. The van der Waals surface area contributed by atoms with Gasteiger partial charge in [-0.25, -0.2) is 13.1 Å². The van der Waals surface area contributed by atoms with Gasteiger partial charge in [-0.1, -0.05) is 54.6 Å². The quantitative estimate of drug-likeness (QED) is 0.823. The van der Waals surface area contributed by atoms with Crippen LogP contribution in [0.1, 0.15) is 16.7 Å². The first-order valence-electron chi connectivity index (χ1n) is 6.83. The van der Waals surface area contributed by atoms with Crippen LogP contribution in [0.2, 0.25) is 0 Å². The fourth-order valence-corrected chi connectivity index (χ4v) is 3.14. The summed E-state index contributed by atoms with van der Waals surface area (Å²) in [6.45, 7) is 1.10. The van der Waals surface area contributed by atoms with Crippen molar-refractivity contribution in [3.05, 3.63) is 71.3 Å². The lowest BCUT2D eigenvalue weighted by molar-refractivity contribution is 0.580. The molecule has 0 amide bonds. The van der Waals surface area contributed by atoms with E-state index in [0.29, 0.717) is 6.54 Å². The van der Waals surface area contributed by atoms with Crippen LogP contribution in [0.5, 0.6) is 0 Å². The molecule has 21 heavy (non-hydrogen) atoms. The largest absolute Gasteiger partial charge is 0.316 e. The highest BCUT2D eigenvalue weighted by atomic mass is 32.2. The number of benzene rings is 2. The predicted octanol–water partition coefficient (Wildman–Crippen LogP) is 2.03. The van der Waals surface area contributed by atoms with Crippen molar-refractivity contribution in [3.63, 3.8) is 0 Å². The summed E-state index contributed by atoms with van der Waals surface area (Å²) < 4.78 is 26.7. The minimum absolute atomic E-state index is 0.000330. The van der Waals surface area contributed by atoms with E-state index in [2.05, 4.69) is 10.0 Å². The van der Waals surface area contributed by atoms with Crippen LogP contribution in [0.3, 0.4) is 0 Å². The lowest BCUT2D eigenvalue weighted by Gasteiger charge is -2.08. The van der Waals surface area contributed by atoms with Gasteiger partial charge in [0, 0.05) is 13.1 Å². The maximum absolute atomic E-state index is 12.1. The molecule has 2 aromatic carbocycles. The zero-order valence-corrected chi connectivity index (χ0v) is 12.9. The summed E-state index contributed by atoms with van der Waals surface area (Å²) in [7, 11) is -1.44. The highest BCUT2D eigenvalue weighted by molar-refractivity contribution is 7.88. The van der Waals surface area contributed by atoms with Crippen LogP contribution < -0.4 is 10.0 Å². The van der Waals surface area contributed by atoms with Gasteiger partial charge in [-0.05, 0) is 23.7 Å². The third-order valence-corrected chi connectivity index (χ3v) is 4.40. The van der Waals surface area contributed by atoms with E-state index in [0.717, 1.165) is 23.2 Å². The molecule has 0 atom stereocenters. The number of sulfonamides is 1. The van der Waals surface area contributed by atoms with Gasteiger partial charge >= 0.3 is 0 Å². The van der Waals surface area contributed by atoms with Crippen molar-refractivity contribution in [2.75, 3.05) is 7.05 Å². The number of hydrogen-bond donors (Lipinski definition) is 2. The van der Waals surface area contributed by atoms with Crippen LogP contribution in [0, 0.1) is 0 Å². The first-order chi connectivity index (χ1) is 10.1. The molecule has 0 unspecified atom stereocenters. The molecule has 0 saturated heterocycles. The molecule has 0 radical (unpaired) electrons. The fourth-order valence-electron chi connectivity index (χ4n) is 2.02. The summed E-state index contributed by atoms with van der Waals surface area (Å²) in [6, 6.07) is 17.1. The Morgan fingerprint density at radius 2 is 1.38 bits per heavy atom. The SMILES string of the molecule is CNCc1ccc(CS(=O)(=O)NCc2ccccc2)cc1. The van der Waals surface area contributed by atoms with Crippen LogP contribution in [-0.4, -0.2) is 15.5 Å². The van der Waals surface area contributed by atoms with Crippen LogP contribution >= 0.6 is 0 Å². The maximum atomic E-state index is 12.1. The Balaban J connectivity index is 1.94. The second-order valence-electron chi connectivity index (χ2n) is 4.91. The van der Waals surface area contributed by atoms with Crippen molar-refractivity contribution in [2.24, 2.45) is 0 Å². The molecule has 4 nitrogen and oxygen atoms in total. The van der Waals surface area contributed by atoms with Gasteiger partial charge in [-0.15, -0.1) is 0 Å². The Morgan fingerprint density at radius 1 is 0.810 bits per heavy atom. The molecule has 2 N–H and O–H groups in total. The Labute approximate surface area is 126 Å². The minimum Gasteiger partial charge on any atom is -0.316 e. The van der Waals surface area contributed by atoms with E-state index < -0.39 is 10.0 Å². The van der Waals surface area contributed by atoms with Crippen molar-refractivity contribution in [1.29, 1.82) is 0 Å². The normalized spacial score (nSPS) is 11.5. The standard InChI is InChI=1S/C16H20N2O2S/c1-17-11-15-7-9-16(10-8-15)13-21(19,20)18-12-14-5-3-2-4-6-14/h2-10,17-18H,11-13H2,1H3. The predicted molar refractivity (Wildman–Crippen MR) is 85.1 cm³/mol. The first-order valence-corrected chi connectivity index (χ1v) is 8.48. The second kappa shape index (κ2) is 7.36. The molecule has 0 heterocycles. The first kappa shape index (κ1) is 15.7. The van der Waals surface area contributed by atoms with E-state index in [4.69, 9.17) is 0 Å². The lowest BCUT2D eigenvalue weighted by atomic mass is 10.1. The molecule has 2 aromatic rings. The molecular formula is C16H20N2O2S. The van der Waals surface area contributed by atoms with Gasteiger partial charge in [0.05, 0.1) is 5.75 Å². The Morgan fingerprint density at radius 3 is 2.00 bits per heavy atom. The Bertz CT molecular complexity index is 652. The lowest BCUT2D eigenvalue weighted by Crippen LogP contribution is -2.24. The zero-order valence-electron chi connectivity index (χ0n) is 12.0. The number of hydrogen-bond acceptors (Lipinski definition) is 3. The summed E-state index contributed by atoms with van der Waals surface area (Å²) >= 11 is 0. The molecule has 0 aromatic heterocycles. The molecule has 0 aliphatic rings. The number of nitrogens with one attached hydrogen (secondary N) is 2. The second-order valence-corrected chi connectivity index (χ2v) is 6.72. The van der Waals surface area contributed by atoms with Crippen LogP contribution in [0.25, 0.3) is 0 Å². The average molecular weight is 304 g/mol. The third-order valence-electron chi connectivity index (χ3n) is 3.10. The molecule has 0 fully saturated rings. The molecule has 0 saturated carbocycles. The smallest absolute Gasteiger partial charge is 0.216 e. The molecule has 2 rings (SSSR count). The average Bonchev–Trinajstić information content (AvgIpc) is 2.48. The van der Waals surface area contributed by atoms with Crippen molar-refractivity contribution < 1.29 is 8.42 Å². The third kappa shape index (κ3) is 5.30. The molecular weight excluding hydrogens is 284 g/mol. The topological polar surface area (TPSA) is 58.2 Å². The summed E-state index contributed by atoms with van der Waals surface area (Å²) in [5, 5.41) is 3.06. The van der Waals surface area contributed by atoms with Crippen molar-refractivity contribution >= 4 is 10.0 Å². The highest BCUT2D eigenvalue weighted by Gasteiger charge is 2.11. The van der Waals surface area contributed by atoms with Gasteiger partial charge in [0.25, 0.3) is 0 Å². The van der Waals surface area contributed by atoms with Gasteiger partial charge in [0.1, 0.15) is 0 Å². The molecule has 0 aliphatic heterocycles. The van der Waals surface area contributed by atoms with Crippen LogP contribution in [0.4, 0.5) is 0 Å². The van der Waals surface area contributed by atoms with Crippen LogP contribution in [0.15, 0.2) is 54.6 Å². The summed E-state index contributed by atoms with van der Waals surface area (Å²) in [5.41, 5.74) is 2.87. The van der Waals surface area contributed by atoms with Gasteiger partial charge in [0.15, 0.2) is 0 Å². The molecule has 0 aliphatic carbocycles. The summed E-state index contributed by atoms with van der Waals surface area (Å²) in [5.74, 6) is -0.000330. The van der Waals surface area contributed by atoms with Crippen molar-refractivity contribution in [1.82, 2.24) is 10.0 Å². The monoisotopic (exact) mass is 304 g/mol. The van der Waals surface area contributed by atoms with E-state index in [-0.39, 0.29) is 5.75 Å². The molecule has 5 heteroatoms. The summed E-state index contributed by atoms with van der Waals surface area (Å²) in [6.07, 6.45) is 0. The van der Waals surface area contributed by atoms with E-state index >= 15 is 0 Å². The summed E-state index contributed by atoms with van der Waals surface area (Å²) in [4.78, 5) is 0. The van der Waals surface area contributed by atoms with Gasteiger partial charge in [-0.3, -0.25) is 0 Å². The Hall–Kier alpha value is -1.69. The van der Waals surface area contributed by atoms with E-state index in [1.54, 1.807) is 0 Å². The fraction of sp³-hybridized carbons (Fsp3) is 0.250. The molecule has 0 spiro atoms. The van der Waals surface area contributed by atoms with Crippen molar-refractivity contribution in [3.8, 4) is 0 Å².